The van der Waals surface area contributed by atoms with E-state index >= 15 is 0 Å². The summed E-state index contributed by atoms with van der Waals surface area (Å²) in [5, 5.41) is 9.09. The number of rotatable bonds is 2. The number of nitrogen functional groups attached to an aromatic ring is 1. The molecule has 1 fully saturated rings. The first-order valence-corrected chi connectivity index (χ1v) is 6.45. The number of pyridine rings is 1. The monoisotopic (exact) mass is 242 g/mol. The van der Waals surface area contributed by atoms with E-state index in [2.05, 4.69) is 21.7 Å². The van der Waals surface area contributed by atoms with Crippen LogP contribution in [0, 0.1) is 0 Å². The lowest BCUT2D eigenvalue weighted by Crippen LogP contribution is -2.35. The maximum atomic E-state index is 5.99. The van der Waals surface area contributed by atoms with Crippen LogP contribution in [0.1, 0.15) is 12.8 Å². The molecule has 0 amide bonds. The highest BCUT2D eigenvalue weighted by molar-refractivity contribution is 5.99. The quantitative estimate of drug-likeness (QED) is 0.705. The maximum absolute atomic E-state index is 5.99. The van der Waals surface area contributed by atoms with E-state index in [1.54, 1.807) is 0 Å². The van der Waals surface area contributed by atoms with E-state index in [1.165, 1.54) is 0 Å². The van der Waals surface area contributed by atoms with E-state index in [1.807, 2.05) is 24.4 Å². The minimum absolute atomic E-state index is 0.505. The van der Waals surface area contributed by atoms with Crippen molar-refractivity contribution < 1.29 is 0 Å². The molecule has 3 rings (SSSR count). The van der Waals surface area contributed by atoms with Crippen molar-refractivity contribution in [2.75, 3.05) is 24.1 Å². The van der Waals surface area contributed by atoms with Gasteiger partial charge in [-0.25, -0.2) is 4.98 Å². The van der Waals surface area contributed by atoms with Gasteiger partial charge in [0.2, 0.25) is 0 Å². The molecule has 1 saturated heterocycles. The lowest BCUT2D eigenvalue weighted by atomic mass is 10.1. The summed E-state index contributed by atoms with van der Waals surface area (Å²) in [7, 11) is 0. The average Bonchev–Trinajstić information content (AvgIpc) is 2.41. The maximum Gasteiger partial charge on any atom is 0.134 e. The fourth-order valence-electron chi connectivity index (χ4n) is 2.51. The molecule has 4 N–H and O–H groups in total. The largest absolute Gasteiger partial charge is 0.398 e. The molecule has 1 aliphatic rings. The number of anilines is 2. The smallest absolute Gasteiger partial charge is 0.134 e. The molecule has 0 atom stereocenters. The lowest BCUT2D eigenvalue weighted by molar-refractivity contribution is 0.478. The molecule has 0 bridgehead atoms. The highest BCUT2D eigenvalue weighted by atomic mass is 15.0. The van der Waals surface area contributed by atoms with Gasteiger partial charge in [0.05, 0.1) is 0 Å². The Bertz CT molecular complexity index is 546. The van der Waals surface area contributed by atoms with Crippen LogP contribution in [0.2, 0.25) is 0 Å². The van der Waals surface area contributed by atoms with Crippen LogP contribution in [0.4, 0.5) is 11.5 Å². The summed E-state index contributed by atoms with van der Waals surface area (Å²) < 4.78 is 0. The minimum Gasteiger partial charge on any atom is -0.398 e. The summed E-state index contributed by atoms with van der Waals surface area (Å²) in [4.78, 5) is 4.46. The van der Waals surface area contributed by atoms with Gasteiger partial charge in [0.25, 0.3) is 0 Å². The van der Waals surface area contributed by atoms with E-state index < -0.39 is 0 Å². The molecule has 18 heavy (non-hydrogen) atoms. The molecule has 2 aromatic rings. The molecule has 94 valence electrons. The second-order valence-electron chi connectivity index (χ2n) is 4.77. The van der Waals surface area contributed by atoms with Crippen molar-refractivity contribution in [1.29, 1.82) is 0 Å². The Morgan fingerprint density at radius 2 is 2.00 bits per heavy atom. The standard InChI is InChI=1S/C14H18N4/c15-13-3-1-2-12-11(13)6-9-17-14(12)18-10-4-7-16-8-5-10/h1-3,6,9-10,16H,4-5,7-8,15H2,(H,17,18). The van der Waals surface area contributed by atoms with Crippen LogP contribution >= 0.6 is 0 Å². The normalized spacial score (nSPS) is 16.9. The van der Waals surface area contributed by atoms with Crippen molar-refractivity contribution >= 4 is 22.3 Å². The third kappa shape index (κ3) is 2.11. The summed E-state index contributed by atoms with van der Waals surface area (Å²) >= 11 is 0. The average molecular weight is 242 g/mol. The molecule has 2 heterocycles. The second kappa shape index (κ2) is 4.82. The van der Waals surface area contributed by atoms with E-state index in [9.17, 15) is 0 Å². The molecular formula is C14H18N4. The fourth-order valence-corrected chi connectivity index (χ4v) is 2.51. The van der Waals surface area contributed by atoms with Crippen LogP contribution in [-0.2, 0) is 0 Å². The summed E-state index contributed by atoms with van der Waals surface area (Å²) in [5.41, 5.74) is 6.80. The highest BCUT2D eigenvalue weighted by Gasteiger charge is 2.14. The molecular weight excluding hydrogens is 224 g/mol. The molecule has 1 aliphatic heterocycles. The van der Waals surface area contributed by atoms with Crippen molar-refractivity contribution in [1.82, 2.24) is 10.3 Å². The van der Waals surface area contributed by atoms with Crippen LogP contribution in [-0.4, -0.2) is 24.1 Å². The number of nitrogens with one attached hydrogen (secondary N) is 2. The molecule has 4 heteroatoms. The van der Waals surface area contributed by atoms with Crippen LogP contribution in [0.15, 0.2) is 30.5 Å². The highest BCUT2D eigenvalue weighted by Crippen LogP contribution is 2.26. The van der Waals surface area contributed by atoms with Gasteiger partial charge in [0, 0.05) is 28.7 Å². The predicted molar refractivity (Wildman–Crippen MR) is 75.7 cm³/mol. The van der Waals surface area contributed by atoms with Crippen molar-refractivity contribution in [2.24, 2.45) is 0 Å². The fraction of sp³-hybridized carbons (Fsp3) is 0.357. The Balaban J connectivity index is 1.93. The number of hydrogen-bond donors (Lipinski definition) is 3. The Labute approximate surface area is 107 Å². The zero-order chi connectivity index (χ0) is 12.4. The van der Waals surface area contributed by atoms with Gasteiger partial charge in [-0.05, 0) is 38.1 Å². The Kier molecular flexibility index (Phi) is 3.02. The first-order valence-electron chi connectivity index (χ1n) is 6.45. The Hall–Kier alpha value is -1.81. The summed E-state index contributed by atoms with van der Waals surface area (Å²) in [6, 6.07) is 8.45. The molecule has 0 aliphatic carbocycles. The van der Waals surface area contributed by atoms with Gasteiger partial charge in [-0.1, -0.05) is 12.1 Å². The van der Waals surface area contributed by atoms with Gasteiger partial charge < -0.3 is 16.4 Å². The molecule has 1 aromatic heterocycles. The number of piperidine rings is 1. The zero-order valence-corrected chi connectivity index (χ0v) is 10.3. The summed E-state index contributed by atoms with van der Waals surface area (Å²) in [6.45, 7) is 2.15. The molecule has 0 radical (unpaired) electrons. The minimum atomic E-state index is 0.505. The first kappa shape index (κ1) is 11.3. The first-order chi connectivity index (χ1) is 8.84. The van der Waals surface area contributed by atoms with Crippen molar-refractivity contribution in [3.8, 4) is 0 Å². The molecule has 1 aromatic carbocycles. The lowest BCUT2D eigenvalue weighted by Gasteiger charge is -2.24. The third-order valence-corrected chi connectivity index (χ3v) is 3.52. The number of aromatic nitrogens is 1. The van der Waals surface area contributed by atoms with E-state index in [-0.39, 0.29) is 0 Å². The third-order valence-electron chi connectivity index (χ3n) is 3.52. The van der Waals surface area contributed by atoms with Crippen LogP contribution in [0.5, 0.6) is 0 Å². The number of nitrogens with two attached hydrogens (primary N) is 1. The number of hydrogen-bond acceptors (Lipinski definition) is 4. The second-order valence-corrected chi connectivity index (χ2v) is 4.77. The molecule has 0 spiro atoms. The van der Waals surface area contributed by atoms with Crippen molar-refractivity contribution in [3.05, 3.63) is 30.5 Å². The Morgan fingerprint density at radius 3 is 2.83 bits per heavy atom. The van der Waals surface area contributed by atoms with Crippen molar-refractivity contribution in [3.63, 3.8) is 0 Å². The van der Waals surface area contributed by atoms with Gasteiger partial charge in [0.15, 0.2) is 0 Å². The number of fused-ring (bicyclic) bond motifs is 1. The van der Waals surface area contributed by atoms with Gasteiger partial charge >= 0.3 is 0 Å². The van der Waals surface area contributed by atoms with Crippen LogP contribution in [0.3, 0.4) is 0 Å². The van der Waals surface area contributed by atoms with E-state index in [4.69, 9.17) is 5.73 Å². The molecule has 0 unspecified atom stereocenters. The SMILES string of the molecule is Nc1cccc2c(NC3CCNCC3)nccc12. The van der Waals surface area contributed by atoms with Crippen molar-refractivity contribution in [2.45, 2.75) is 18.9 Å². The number of nitrogens with zero attached hydrogens (tertiary/aromatic N) is 1. The topological polar surface area (TPSA) is 63.0 Å². The number of benzene rings is 1. The van der Waals surface area contributed by atoms with Crippen LogP contribution in [0.25, 0.3) is 10.8 Å². The van der Waals surface area contributed by atoms with Gasteiger partial charge in [-0.15, -0.1) is 0 Å². The Morgan fingerprint density at radius 1 is 1.17 bits per heavy atom. The summed E-state index contributed by atoms with van der Waals surface area (Å²) in [6.07, 6.45) is 4.10. The van der Waals surface area contributed by atoms with Crippen LogP contribution < -0.4 is 16.4 Å². The van der Waals surface area contributed by atoms with E-state index in [0.29, 0.717) is 6.04 Å². The van der Waals surface area contributed by atoms with Gasteiger partial charge in [-0.2, -0.15) is 0 Å². The van der Waals surface area contributed by atoms with E-state index in [0.717, 1.165) is 48.2 Å². The molecule has 4 nitrogen and oxygen atoms in total. The van der Waals surface area contributed by atoms with Gasteiger partial charge in [-0.3, -0.25) is 0 Å². The molecule has 0 saturated carbocycles. The van der Waals surface area contributed by atoms with Gasteiger partial charge in [0.1, 0.15) is 5.82 Å². The zero-order valence-electron chi connectivity index (χ0n) is 10.3. The summed E-state index contributed by atoms with van der Waals surface area (Å²) in [5.74, 6) is 0.951. The predicted octanol–water partition coefficient (Wildman–Crippen LogP) is 1.98.